The summed E-state index contributed by atoms with van der Waals surface area (Å²) in [5.41, 5.74) is -0.995. The molecule has 5 heterocycles. The Balaban J connectivity index is 1.26. The highest BCUT2D eigenvalue weighted by atomic mass is 16.6. The Labute approximate surface area is 442 Å². The number of benzene rings is 4. The number of hydrogen-bond donors (Lipinski definition) is 3. The lowest BCUT2D eigenvalue weighted by molar-refractivity contribution is -0.179. The first-order chi connectivity index (χ1) is 36.9. The second kappa shape index (κ2) is 21.9. The largest absolute Gasteiger partial charge is 0.491 e. The first kappa shape index (κ1) is 51.8. The SMILES string of the molecule is COC(=O)C(NC(=O)N1C(=O)C2(c3cc(C#CC4(O)CCCCCC4)ccc31)C(C(=O)N1CCN(c3ncccn3)CC1)C1C(=O)OC(c3ccccc3)C(c3ccccc3)N1C2c1ccccc1OCCO)C(C)C. The normalized spacial score (nSPS) is 24.4. The molecule has 1 spiro atoms. The molecule has 394 valence electrons. The van der Waals surface area contributed by atoms with E-state index in [0.717, 1.165) is 30.6 Å². The van der Waals surface area contributed by atoms with Gasteiger partial charge in [0.1, 0.15) is 41.6 Å². The predicted octanol–water partition coefficient (Wildman–Crippen LogP) is 6.21. The van der Waals surface area contributed by atoms with Crippen LogP contribution in [-0.2, 0) is 34.1 Å². The van der Waals surface area contributed by atoms with E-state index < -0.39 is 82.9 Å². The van der Waals surface area contributed by atoms with Crippen molar-refractivity contribution in [2.45, 2.75) is 93.7 Å². The topological polar surface area (TPSA) is 204 Å². The number of para-hydroxylation sites is 1. The molecule has 76 heavy (non-hydrogen) atoms. The van der Waals surface area contributed by atoms with E-state index in [2.05, 4.69) is 27.1 Å². The van der Waals surface area contributed by atoms with Crippen LogP contribution in [0.5, 0.6) is 5.75 Å². The van der Waals surface area contributed by atoms with E-state index in [1.165, 1.54) is 7.11 Å². The van der Waals surface area contributed by atoms with E-state index in [9.17, 15) is 15.0 Å². The highest BCUT2D eigenvalue weighted by Crippen LogP contribution is 2.67. The van der Waals surface area contributed by atoms with Crippen LogP contribution in [0.1, 0.15) is 98.4 Å². The molecule has 5 aromatic rings. The molecule has 5 aliphatic rings. The average Bonchev–Trinajstić information content (AvgIpc) is 3.86. The van der Waals surface area contributed by atoms with E-state index >= 15 is 19.2 Å². The lowest BCUT2D eigenvalue weighted by atomic mass is 9.64. The molecule has 4 aliphatic heterocycles. The number of aliphatic hydroxyl groups is 2. The zero-order valence-corrected chi connectivity index (χ0v) is 42.9. The summed E-state index contributed by atoms with van der Waals surface area (Å²) in [6.45, 7) is 3.95. The van der Waals surface area contributed by atoms with Crippen LogP contribution in [0.3, 0.4) is 0 Å². The van der Waals surface area contributed by atoms with Gasteiger partial charge in [-0.25, -0.2) is 24.5 Å². The van der Waals surface area contributed by atoms with E-state index in [0.29, 0.717) is 54.1 Å². The molecular weight excluding hydrogens is 967 g/mol. The van der Waals surface area contributed by atoms with Crippen molar-refractivity contribution in [1.82, 2.24) is 25.1 Å². The summed E-state index contributed by atoms with van der Waals surface area (Å²) in [6, 6.07) is 26.7. The number of methoxy groups -OCH3 is 1. The molecule has 3 saturated heterocycles. The van der Waals surface area contributed by atoms with Crippen molar-refractivity contribution in [1.29, 1.82) is 0 Å². The van der Waals surface area contributed by atoms with Crippen molar-refractivity contribution in [2.24, 2.45) is 11.8 Å². The van der Waals surface area contributed by atoms with Gasteiger partial charge in [0.2, 0.25) is 17.8 Å². The molecule has 1 aromatic heterocycles. The summed E-state index contributed by atoms with van der Waals surface area (Å²) in [6.07, 6.45) is 6.82. The first-order valence-corrected chi connectivity index (χ1v) is 26.2. The van der Waals surface area contributed by atoms with Crippen molar-refractivity contribution in [3.63, 3.8) is 0 Å². The molecular formula is C59H63N7O10. The van der Waals surface area contributed by atoms with Gasteiger partial charge < -0.3 is 39.5 Å². The third-order valence-corrected chi connectivity index (χ3v) is 15.7. The van der Waals surface area contributed by atoms with Crippen LogP contribution in [0, 0.1) is 23.7 Å². The number of imide groups is 1. The van der Waals surface area contributed by atoms with Crippen molar-refractivity contribution in [2.75, 3.05) is 56.3 Å². The van der Waals surface area contributed by atoms with Crippen molar-refractivity contribution < 1.29 is 48.4 Å². The molecule has 0 bridgehead atoms. The number of carbonyl (C=O) groups is 5. The van der Waals surface area contributed by atoms with E-state index in [4.69, 9.17) is 14.2 Å². The minimum Gasteiger partial charge on any atom is -0.491 e. The smallest absolute Gasteiger partial charge is 0.329 e. The monoisotopic (exact) mass is 1030 g/mol. The molecule has 3 N–H and O–H groups in total. The molecule has 0 radical (unpaired) electrons. The van der Waals surface area contributed by atoms with Gasteiger partial charge >= 0.3 is 18.0 Å². The summed E-state index contributed by atoms with van der Waals surface area (Å²) >= 11 is 0. The van der Waals surface area contributed by atoms with Gasteiger partial charge in [-0.3, -0.25) is 19.3 Å². The van der Waals surface area contributed by atoms with Gasteiger partial charge in [0.25, 0.3) is 0 Å². The summed E-state index contributed by atoms with van der Waals surface area (Å²) in [7, 11) is 1.22. The maximum absolute atomic E-state index is 17.0. The summed E-state index contributed by atoms with van der Waals surface area (Å²) in [5.74, 6) is 2.21. The molecule has 7 atom stereocenters. The highest BCUT2D eigenvalue weighted by Gasteiger charge is 2.76. The number of nitrogens with one attached hydrogen (secondary N) is 1. The Bertz CT molecular complexity index is 3010. The fourth-order valence-corrected chi connectivity index (χ4v) is 12.2. The van der Waals surface area contributed by atoms with E-state index in [1.807, 2.05) is 70.5 Å². The number of aliphatic hydroxyl groups excluding tert-OH is 1. The quantitative estimate of drug-likeness (QED) is 0.0766. The maximum atomic E-state index is 17.0. The van der Waals surface area contributed by atoms with Crippen LogP contribution in [0.2, 0.25) is 0 Å². The Morgan fingerprint density at radius 3 is 2.14 bits per heavy atom. The van der Waals surface area contributed by atoms with Crippen LogP contribution >= 0.6 is 0 Å². The molecule has 17 heteroatoms. The van der Waals surface area contributed by atoms with Gasteiger partial charge in [-0.05, 0) is 78.6 Å². The van der Waals surface area contributed by atoms with Crippen LogP contribution in [0.25, 0.3) is 0 Å². The maximum Gasteiger partial charge on any atom is 0.329 e. The number of esters is 2. The average molecular weight is 1030 g/mol. The third kappa shape index (κ3) is 9.43. The number of urea groups is 1. The third-order valence-electron chi connectivity index (χ3n) is 15.7. The fraction of sp³-hybridized carbons (Fsp3) is 0.407. The number of cyclic esters (lactones) is 1. The fourth-order valence-electron chi connectivity index (χ4n) is 12.2. The van der Waals surface area contributed by atoms with E-state index in [-0.39, 0.29) is 43.3 Å². The standard InChI is InChI=1S/C59H63N7O10/c1-38(2)47(53(69)74-3)62-57(72)65-44-24-23-39(25-28-58(73)26-14-4-5-15-27-58)37-43(44)59(55(65)71)46(52(68)63-31-33-64(34-32-63)56-60-29-16-30-61-56)49-54(70)76-50(41-19-10-7-11-20-41)48(40-17-8-6-9-18-40)66(49)51(59)42-21-12-13-22-45(42)75-36-35-67/h6-13,16-24,29-30,37-38,46-51,67,73H,4-5,14-15,26-27,31-36H2,1-3H3,(H,62,72). The lowest BCUT2D eigenvalue weighted by Crippen LogP contribution is -2.60. The van der Waals surface area contributed by atoms with Crippen molar-refractivity contribution in [3.8, 4) is 17.6 Å². The second-order valence-electron chi connectivity index (χ2n) is 20.5. The van der Waals surface area contributed by atoms with Crippen molar-refractivity contribution in [3.05, 3.63) is 149 Å². The number of hydrogen-bond acceptors (Lipinski definition) is 14. The number of aromatic nitrogens is 2. The van der Waals surface area contributed by atoms with Gasteiger partial charge in [-0.2, -0.15) is 0 Å². The van der Waals surface area contributed by atoms with Gasteiger partial charge in [-0.1, -0.05) is 117 Å². The molecule has 10 rings (SSSR count). The molecule has 1 saturated carbocycles. The van der Waals surface area contributed by atoms with Gasteiger partial charge in [0, 0.05) is 49.7 Å². The number of nitrogens with zero attached hydrogens (tertiary/aromatic N) is 6. The Kier molecular flexibility index (Phi) is 14.9. The molecule has 4 amide bonds. The number of fused-ring (bicyclic) bond motifs is 3. The number of morpholine rings is 1. The highest BCUT2D eigenvalue weighted by molar-refractivity contribution is 6.25. The van der Waals surface area contributed by atoms with Crippen molar-refractivity contribution >= 4 is 41.4 Å². The minimum atomic E-state index is -2.18. The summed E-state index contributed by atoms with van der Waals surface area (Å²) in [5, 5.41) is 24.9. The zero-order chi connectivity index (χ0) is 53.1. The summed E-state index contributed by atoms with van der Waals surface area (Å²) in [4.78, 5) is 93.5. The molecule has 1 aliphatic carbocycles. The Hall–Kier alpha value is -7.65. The van der Waals surface area contributed by atoms with E-state index in [1.54, 1.807) is 79.7 Å². The van der Waals surface area contributed by atoms with Gasteiger partial charge in [0.15, 0.2) is 0 Å². The molecule has 4 fully saturated rings. The number of anilines is 2. The van der Waals surface area contributed by atoms with Crippen LogP contribution in [-0.4, -0.2) is 124 Å². The zero-order valence-electron chi connectivity index (χ0n) is 42.9. The predicted molar refractivity (Wildman–Crippen MR) is 280 cm³/mol. The number of amides is 4. The van der Waals surface area contributed by atoms with Gasteiger partial charge in [0.05, 0.1) is 37.4 Å². The van der Waals surface area contributed by atoms with Crippen LogP contribution < -0.4 is 19.9 Å². The first-order valence-electron chi connectivity index (χ1n) is 26.2. The molecule has 4 aromatic carbocycles. The number of carbonyl (C=O) groups excluding carboxylic acids is 5. The number of rotatable bonds is 11. The number of ether oxygens (including phenoxy) is 3. The Morgan fingerprint density at radius 1 is 0.829 bits per heavy atom. The summed E-state index contributed by atoms with van der Waals surface area (Å²) < 4.78 is 18.2. The molecule has 17 nitrogen and oxygen atoms in total. The second-order valence-corrected chi connectivity index (χ2v) is 20.5. The minimum absolute atomic E-state index is 0.0975. The molecule has 7 unspecified atom stereocenters. The van der Waals surface area contributed by atoms with Crippen LogP contribution in [0.4, 0.5) is 16.4 Å². The van der Waals surface area contributed by atoms with Gasteiger partial charge in [-0.15, -0.1) is 0 Å². The lowest BCUT2D eigenvalue weighted by Gasteiger charge is -2.46. The van der Waals surface area contributed by atoms with Crippen LogP contribution in [0.15, 0.2) is 122 Å². The number of piperazine rings is 1. The Morgan fingerprint density at radius 2 is 1.49 bits per heavy atom.